The SMILES string of the molecule is COc1cc(C(C)C(N)=O)c(Cl)cc1C=O. The molecule has 0 radical (unpaired) electrons. The van der Waals surface area contributed by atoms with Crippen LogP contribution in [0.2, 0.25) is 5.02 Å². The van der Waals surface area contributed by atoms with Crippen molar-refractivity contribution in [1.29, 1.82) is 0 Å². The summed E-state index contributed by atoms with van der Waals surface area (Å²) in [5.41, 5.74) is 6.08. The molecule has 0 aliphatic heterocycles. The van der Waals surface area contributed by atoms with Gasteiger partial charge in [0.15, 0.2) is 6.29 Å². The molecule has 2 N–H and O–H groups in total. The van der Waals surface area contributed by atoms with Gasteiger partial charge in [0, 0.05) is 5.02 Å². The van der Waals surface area contributed by atoms with Gasteiger partial charge in [-0.3, -0.25) is 9.59 Å². The van der Waals surface area contributed by atoms with E-state index < -0.39 is 11.8 Å². The summed E-state index contributed by atoms with van der Waals surface area (Å²) >= 11 is 5.95. The molecule has 86 valence electrons. The number of benzene rings is 1. The number of hydrogen-bond acceptors (Lipinski definition) is 3. The Labute approximate surface area is 98.3 Å². The Balaban J connectivity index is 3.31. The van der Waals surface area contributed by atoms with Crippen LogP contribution < -0.4 is 10.5 Å². The molecule has 4 nitrogen and oxygen atoms in total. The minimum atomic E-state index is -0.526. The average molecular weight is 242 g/mol. The van der Waals surface area contributed by atoms with E-state index in [2.05, 4.69) is 0 Å². The normalized spacial score (nSPS) is 11.9. The lowest BCUT2D eigenvalue weighted by Gasteiger charge is -2.13. The highest BCUT2D eigenvalue weighted by Crippen LogP contribution is 2.30. The highest BCUT2D eigenvalue weighted by atomic mass is 35.5. The zero-order valence-corrected chi connectivity index (χ0v) is 9.75. The van der Waals surface area contributed by atoms with Crippen molar-refractivity contribution in [3.63, 3.8) is 0 Å². The smallest absolute Gasteiger partial charge is 0.224 e. The first-order valence-electron chi connectivity index (χ1n) is 4.63. The molecule has 0 saturated carbocycles. The Hall–Kier alpha value is -1.55. The van der Waals surface area contributed by atoms with Crippen LogP contribution in [0.3, 0.4) is 0 Å². The van der Waals surface area contributed by atoms with Gasteiger partial charge in [-0.25, -0.2) is 0 Å². The van der Waals surface area contributed by atoms with Crippen molar-refractivity contribution in [2.24, 2.45) is 5.73 Å². The first-order chi connectivity index (χ1) is 7.51. The van der Waals surface area contributed by atoms with E-state index in [9.17, 15) is 9.59 Å². The number of carbonyl (C=O) groups is 2. The van der Waals surface area contributed by atoms with Gasteiger partial charge >= 0.3 is 0 Å². The molecule has 5 heteroatoms. The number of aldehydes is 1. The minimum Gasteiger partial charge on any atom is -0.496 e. The molecule has 1 unspecified atom stereocenters. The van der Waals surface area contributed by atoms with Crippen LogP contribution in [0.15, 0.2) is 12.1 Å². The standard InChI is InChI=1S/C11H12ClNO3/c1-6(11(13)15)8-4-10(16-2)7(5-14)3-9(8)12/h3-6H,1-2H3,(H2,13,15). The molecular weight excluding hydrogens is 230 g/mol. The van der Waals surface area contributed by atoms with Gasteiger partial charge in [-0.05, 0) is 24.6 Å². The quantitative estimate of drug-likeness (QED) is 0.817. The third-order valence-corrected chi connectivity index (χ3v) is 2.70. The Morgan fingerprint density at radius 1 is 1.56 bits per heavy atom. The third-order valence-electron chi connectivity index (χ3n) is 2.37. The van der Waals surface area contributed by atoms with E-state index in [1.807, 2.05) is 0 Å². The van der Waals surface area contributed by atoms with E-state index in [-0.39, 0.29) is 0 Å². The Kier molecular flexibility index (Phi) is 3.90. The van der Waals surface area contributed by atoms with Crippen LogP contribution in [0.25, 0.3) is 0 Å². The number of ether oxygens (including phenoxy) is 1. The molecule has 16 heavy (non-hydrogen) atoms. The molecule has 0 spiro atoms. The maximum absolute atomic E-state index is 11.1. The molecule has 0 saturated heterocycles. The van der Waals surface area contributed by atoms with Gasteiger partial charge < -0.3 is 10.5 Å². The topological polar surface area (TPSA) is 69.4 Å². The zero-order valence-electron chi connectivity index (χ0n) is 8.99. The van der Waals surface area contributed by atoms with Crippen molar-refractivity contribution < 1.29 is 14.3 Å². The molecule has 1 aromatic rings. The lowest BCUT2D eigenvalue weighted by Crippen LogP contribution is -2.19. The monoisotopic (exact) mass is 241 g/mol. The number of rotatable bonds is 4. The van der Waals surface area contributed by atoms with Crippen LogP contribution in [-0.2, 0) is 4.79 Å². The molecule has 1 amide bonds. The summed E-state index contributed by atoms with van der Waals surface area (Å²) in [6.07, 6.45) is 0.642. The van der Waals surface area contributed by atoms with E-state index in [0.29, 0.717) is 28.2 Å². The summed E-state index contributed by atoms with van der Waals surface area (Å²) in [6.45, 7) is 1.64. The number of methoxy groups -OCH3 is 1. The molecule has 0 heterocycles. The molecular formula is C11H12ClNO3. The maximum Gasteiger partial charge on any atom is 0.224 e. The summed E-state index contributed by atoms with van der Waals surface area (Å²) in [4.78, 5) is 21.8. The van der Waals surface area contributed by atoms with E-state index in [0.717, 1.165) is 0 Å². The number of hydrogen-bond donors (Lipinski definition) is 1. The Morgan fingerprint density at radius 3 is 2.62 bits per heavy atom. The van der Waals surface area contributed by atoms with E-state index in [4.69, 9.17) is 22.1 Å². The fourth-order valence-electron chi connectivity index (χ4n) is 1.34. The van der Waals surface area contributed by atoms with Crippen molar-refractivity contribution >= 4 is 23.8 Å². The molecule has 0 aromatic heterocycles. The first-order valence-corrected chi connectivity index (χ1v) is 5.01. The second-order valence-electron chi connectivity index (χ2n) is 3.36. The van der Waals surface area contributed by atoms with Crippen LogP contribution in [-0.4, -0.2) is 19.3 Å². The van der Waals surface area contributed by atoms with Crippen LogP contribution in [0, 0.1) is 0 Å². The van der Waals surface area contributed by atoms with Crippen LogP contribution in [0.1, 0.15) is 28.8 Å². The van der Waals surface area contributed by atoms with Crippen molar-refractivity contribution in [3.8, 4) is 5.75 Å². The van der Waals surface area contributed by atoms with Crippen molar-refractivity contribution in [2.75, 3.05) is 7.11 Å². The lowest BCUT2D eigenvalue weighted by molar-refractivity contribution is -0.119. The van der Waals surface area contributed by atoms with E-state index in [1.54, 1.807) is 13.0 Å². The van der Waals surface area contributed by atoms with Gasteiger partial charge in [0.1, 0.15) is 5.75 Å². The number of amides is 1. The molecule has 0 aliphatic carbocycles. The zero-order chi connectivity index (χ0) is 12.3. The summed E-state index contributed by atoms with van der Waals surface area (Å²) < 4.78 is 5.02. The number of nitrogens with two attached hydrogens (primary N) is 1. The van der Waals surface area contributed by atoms with Crippen LogP contribution in [0.5, 0.6) is 5.75 Å². The van der Waals surface area contributed by atoms with Crippen LogP contribution >= 0.6 is 11.6 Å². The Bertz CT molecular complexity index is 431. The highest BCUT2D eigenvalue weighted by molar-refractivity contribution is 6.32. The number of carbonyl (C=O) groups excluding carboxylic acids is 2. The largest absolute Gasteiger partial charge is 0.496 e. The average Bonchev–Trinajstić information content (AvgIpc) is 2.27. The minimum absolute atomic E-state index is 0.328. The van der Waals surface area contributed by atoms with Crippen molar-refractivity contribution in [3.05, 3.63) is 28.3 Å². The van der Waals surface area contributed by atoms with E-state index in [1.165, 1.54) is 13.2 Å². The number of halogens is 1. The number of primary amides is 1. The third kappa shape index (κ3) is 2.33. The predicted molar refractivity (Wildman–Crippen MR) is 61.0 cm³/mol. The van der Waals surface area contributed by atoms with Gasteiger partial charge in [0.05, 0.1) is 18.6 Å². The summed E-state index contributed by atoms with van der Waals surface area (Å²) in [5.74, 6) is -0.632. The summed E-state index contributed by atoms with van der Waals surface area (Å²) in [5, 5.41) is 0.328. The molecule has 0 aliphatic rings. The van der Waals surface area contributed by atoms with Gasteiger partial charge in [-0.2, -0.15) is 0 Å². The van der Waals surface area contributed by atoms with Crippen molar-refractivity contribution in [2.45, 2.75) is 12.8 Å². The second kappa shape index (κ2) is 4.99. The van der Waals surface area contributed by atoms with Crippen molar-refractivity contribution in [1.82, 2.24) is 0 Å². The second-order valence-corrected chi connectivity index (χ2v) is 3.76. The molecule has 1 rings (SSSR count). The summed E-state index contributed by atoms with van der Waals surface area (Å²) in [7, 11) is 1.44. The highest BCUT2D eigenvalue weighted by Gasteiger charge is 2.18. The van der Waals surface area contributed by atoms with Gasteiger partial charge in [0.2, 0.25) is 5.91 Å². The molecule has 0 fully saturated rings. The predicted octanol–water partition coefficient (Wildman–Crippen LogP) is 1.75. The lowest BCUT2D eigenvalue weighted by atomic mass is 9.98. The molecule has 0 bridgehead atoms. The summed E-state index contributed by atoms with van der Waals surface area (Å²) in [6, 6.07) is 3.02. The van der Waals surface area contributed by atoms with Gasteiger partial charge in [-0.15, -0.1) is 0 Å². The van der Waals surface area contributed by atoms with E-state index >= 15 is 0 Å². The maximum atomic E-state index is 11.1. The van der Waals surface area contributed by atoms with Gasteiger partial charge in [0.25, 0.3) is 0 Å². The van der Waals surface area contributed by atoms with Gasteiger partial charge in [-0.1, -0.05) is 11.6 Å². The molecule has 1 atom stereocenters. The van der Waals surface area contributed by atoms with Crippen LogP contribution in [0.4, 0.5) is 0 Å². The Morgan fingerprint density at radius 2 is 2.19 bits per heavy atom. The molecule has 1 aromatic carbocycles. The fourth-order valence-corrected chi connectivity index (χ4v) is 1.67. The fraction of sp³-hybridized carbons (Fsp3) is 0.273. The first kappa shape index (κ1) is 12.5.